The number of carbonyl (C=O) groups is 1. The number of benzene rings is 1. The lowest BCUT2D eigenvalue weighted by Gasteiger charge is -2.22. The second kappa shape index (κ2) is 7.88. The number of amides is 1. The molecule has 1 aromatic carbocycles. The van der Waals surface area contributed by atoms with E-state index in [1.807, 2.05) is 30.3 Å². The smallest absolute Gasteiger partial charge is 0.227 e. The van der Waals surface area contributed by atoms with Crippen molar-refractivity contribution in [3.8, 4) is 0 Å². The highest BCUT2D eigenvalue weighted by atomic mass is 16.5. The zero-order valence-corrected chi connectivity index (χ0v) is 11.5. The first-order valence-corrected chi connectivity index (χ1v) is 6.52. The summed E-state index contributed by atoms with van der Waals surface area (Å²) in [6, 6.07) is 9.97. The van der Waals surface area contributed by atoms with E-state index in [0.717, 1.165) is 12.0 Å². The van der Waals surface area contributed by atoms with Crippen molar-refractivity contribution in [2.45, 2.75) is 26.2 Å². The van der Waals surface area contributed by atoms with Crippen LogP contribution in [0.15, 0.2) is 30.3 Å². The summed E-state index contributed by atoms with van der Waals surface area (Å²) in [6.45, 7) is 5.35. The van der Waals surface area contributed by atoms with Crippen LogP contribution in [0.5, 0.6) is 0 Å². The van der Waals surface area contributed by atoms with Crippen LogP contribution in [-0.2, 0) is 9.53 Å². The molecule has 1 rings (SSSR count). The molecule has 2 atom stereocenters. The van der Waals surface area contributed by atoms with Crippen molar-refractivity contribution in [2.24, 2.45) is 5.92 Å². The summed E-state index contributed by atoms with van der Waals surface area (Å²) in [6.07, 6.45) is 0.983. The second-order valence-corrected chi connectivity index (χ2v) is 4.56. The molecule has 0 radical (unpaired) electrons. The van der Waals surface area contributed by atoms with Gasteiger partial charge in [-0.2, -0.15) is 0 Å². The molecule has 1 amide bonds. The van der Waals surface area contributed by atoms with Crippen LogP contribution >= 0.6 is 0 Å². The second-order valence-electron chi connectivity index (χ2n) is 4.56. The lowest BCUT2D eigenvalue weighted by Crippen LogP contribution is -2.34. The molecule has 0 aromatic heterocycles. The number of nitrogens with one attached hydrogen (secondary N) is 1. The third-order valence-corrected chi connectivity index (χ3v) is 3.26. The molecule has 18 heavy (non-hydrogen) atoms. The summed E-state index contributed by atoms with van der Waals surface area (Å²) < 4.78 is 4.95. The number of rotatable bonds is 7. The van der Waals surface area contributed by atoms with E-state index in [9.17, 15) is 4.79 Å². The Kier molecular flexibility index (Phi) is 6.44. The van der Waals surface area contributed by atoms with Crippen LogP contribution in [0.2, 0.25) is 0 Å². The van der Waals surface area contributed by atoms with Crippen molar-refractivity contribution in [3.05, 3.63) is 35.9 Å². The highest BCUT2D eigenvalue weighted by Gasteiger charge is 2.25. The van der Waals surface area contributed by atoms with Gasteiger partial charge >= 0.3 is 0 Å². The van der Waals surface area contributed by atoms with Gasteiger partial charge in [-0.3, -0.25) is 4.79 Å². The minimum absolute atomic E-state index is 0.0759. The first-order valence-electron chi connectivity index (χ1n) is 6.52. The standard InChI is InChI=1S/C15H23NO2/c1-4-12(2)14(13-8-6-5-7-9-13)15(17)16-10-11-18-3/h5-9,12,14H,4,10-11H2,1-3H3,(H,16,17). The molecule has 2 unspecified atom stereocenters. The van der Waals surface area contributed by atoms with Crippen LogP contribution in [0.1, 0.15) is 31.7 Å². The van der Waals surface area contributed by atoms with Crippen molar-refractivity contribution in [2.75, 3.05) is 20.3 Å². The van der Waals surface area contributed by atoms with E-state index in [-0.39, 0.29) is 11.8 Å². The minimum Gasteiger partial charge on any atom is -0.383 e. The highest BCUT2D eigenvalue weighted by Crippen LogP contribution is 2.26. The molecule has 0 aliphatic carbocycles. The monoisotopic (exact) mass is 249 g/mol. The summed E-state index contributed by atoms with van der Waals surface area (Å²) in [5, 5.41) is 2.93. The fraction of sp³-hybridized carbons (Fsp3) is 0.533. The van der Waals surface area contributed by atoms with E-state index < -0.39 is 0 Å². The molecule has 100 valence electrons. The molecule has 3 heteroatoms. The van der Waals surface area contributed by atoms with E-state index in [1.54, 1.807) is 7.11 Å². The van der Waals surface area contributed by atoms with Crippen LogP contribution in [0.3, 0.4) is 0 Å². The van der Waals surface area contributed by atoms with Crippen LogP contribution in [-0.4, -0.2) is 26.2 Å². The fourth-order valence-corrected chi connectivity index (χ4v) is 2.02. The summed E-state index contributed by atoms with van der Waals surface area (Å²) in [7, 11) is 1.63. The van der Waals surface area contributed by atoms with E-state index in [1.165, 1.54) is 0 Å². The average Bonchev–Trinajstić information content (AvgIpc) is 2.40. The molecule has 0 bridgehead atoms. The third-order valence-electron chi connectivity index (χ3n) is 3.26. The van der Waals surface area contributed by atoms with Gasteiger partial charge in [-0.25, -0.2) is 0 Å². The predicted molar refractivity (Wildman–Crippen MR) is 73.5 cm³/mol. The molecule has 1 N–H and O–H groups in total. The average molecular weight is 249 g/mol. The Bertz CT molecular complexity index is 351. The van der Waals surface area contributed by atoms with Gasteiger partial charge in [0.05, 0.1) is 12.5 Å². The van der Waals surface area contributed by atoms with Gasteiger partial charge in [0.2, 0.25) is 5.91 Å². The van der Waals surface area contributed by atoms with Crippen LogP contribution in [0, 0.1) is 5.92 Å². The number of hydrogen-bond acceptors (Lipinski definition) is 2. The highest BCUT2D eigenvalue weighted by molar-refractivity contribution is 5.83. The molecule has 0 saturated carbocycles. The number of hydrogen-bond donors (Lipinski definition) is 1. The van der Waals surface area contributed by atoms with E-state index in [4.69, 9.17) is 4.74 Å². The lowest BCUT2D eigenvalue weighted by molar-refractivity contribution is -0.123. The predicted octanol–water partition coefficient (Wildman–Crippen LogP) is 2.58. The number of carbonyl (C=O) groups excluding carboxylic acids is 1. The Hall–Kier alpha value is -1.35. The molecule has 0 spiro atoms. The quantitative estimate of drug-likeness (QED) is 0.754. The largest absolute Gasteiger partial charge is 0.383 e. The molecule has 0 heterocycles. The van der Waals surface area contributed by atoms with Crippen molar-refractivity contribution in [1.29, 1.82) is 0 Å². The number of methoxy groups -OCH3 is 1. The number of ether oxygens (including phenoxy) is 1. The van der Waals surface area contributed by atoms with Crippen LogP contribution < -0.4 is 5.32 Å². The summed E-state index contributed by atoms with van der Waals surface area (Å²) >= 11 is 0. The Morgan fingerprint density at radius 2 is 2.00 bits per heavy atom. The molecule has 0 aliphatic heterocycles. The van der Waals surface area contributed by atoms with Crippen molar-refractivity contribution in [1.82, 2.24) is 5.32 Å². The van der Waals surface area contributed by atoms with Crippen molar-refractivity contribution < 1.29 is 9.53 Å². The first kappa shape index (κ1) is 14.7. The van der Waals surface area contributed by atoms with Gasteiger partial charge in [0, 0.05) is 13.7 Å². The molecule has 1 aromatic rings. The van der Waals surface area contributed by atoms with Crippen LogP contribution in [0.4, 0.5) is 0 Å². The zero-order chi connectivity index (χ0) is 13.4. The van der Waals surface area contributed by atoms with E-state index >= 15 is 0 Å². The summed E-state index contributed by atoms with van der Waals surface area (Å²) in [5.74, 6) is 0.343. The Balaban J connectivity index is 2.76. The van der Waals surface area contributed by atoms with Gasteiger partial charge in [0.15, 0.2) is 0 Å². The maximum atomic E-state index is 12.3. The van der Waals surface area contributed by atoms with Gasteiger partial charge in [0.1, 0.15) is 0 Å². The van der Waals surface area contributed by atoms with E-state index in [0.29, 0.717) is 19.1 Å². The Morgan fingerprint density at radius 3 is 2.56 bits per heavy atom. The molecular weight excluding hydrogens is 226 g/mol. The fourth-order valence-electron chi connectivity index (χ4n) is 2.02. The van der Waals surface area contributed by atoms with Crippen molar-refractivity contribution in [3.63, 3.8) is 0 Å². The Labute approximate surface area is 110 Å². The third kappa shape index (κ3) is 4.15. The van der Waals surface area contributed by atoms with Crippen LogP contribution in [0.25, 0.3) is 0 Å². The molecule has 3 nitrogen and oxygen atoms in total. The first-order chi connectivity index (χ1) is 8.70. The van der Waals surface area contributed by atoms with Crippen molar-refractivity contribution >= 4 is 5.91 Å². The lowest BCUT2D eigenvalue weighted by atomic mass is 9.85. The summed E-state index contributed by atoms with van der Waals surface area (Å²) in [5.41, 5.74) is 1.08. The molecule has 0 saturated heterocycles. The van der Waals surface area contributed by atoms with Gasteiger partial charge in [0.25, 0.3) is 0 Å². The maximum absolute atomic E-state index is 12.3. The molecule has 0 fully saturated rings. The zero-order valence-electron chi connectivity index (χ0n) is 11.5. The normalized spacial score (nSPS) is 13.9. The van der Waals surface area contributed by atoms with Gasteiger partial charge in [-0.1, -0.05) is 50.6 Å². The molecular formula is C15H23NO2. The minimum atomic E-state index is -0.0759. The van der Waals surface area contributed by atoms with E-state index in [2.05, 4.69) is 19.2 Å². The molecule has 0 aliphatic rings. The van der Waals surface area contributed by atoms with Gasteiger partial charge in [-0.05, 0) is 11.5 Å². The summed E-state index contributed by atoms with van der Waals surface area (Å²) in [4.78, 5) is 12.3. The Morgan fingerprint density at radius 1 is 1.33 bits per heavy atom. The van der Waals surface area contributed by atoms with Gasteiger partial charge < -0.3 is 10.1 Å². The maximum Gasteiger partial charge on any atom is 0.227 e. The van der Waals surface area contributed by atoms with Gasteiger partial charge in [-0.15, -0.1) is 0 Å². The topological polar surface area (TPSA) is 38.3 Å². The SMILES string of the molecule is CCC(C)C(C(=O)NCCOC)c1ccccc1.